The molecule has 1 N–H and O–H groups in total. The molecule has 0 spiro atoms. The lowest BCUT2D eigenvalue weighted by molar-refractivity contribution is 0.0697. The van der Waals surface area contributed by atoms with Crippen molar-refractivity contribution in [3.63, 3.8) is 0 Å². The third-order valence-corrected chi connectivity index (χ3v) is 5.00. The average Bonchev–Trinajstić information content (AvgIpc) is 2.46. The molecule has 1 aromatic carbocycles. The van der Waals surface area contributed by atoms with E-state index in [1.165, 1.54) is 44.2 Å². The summed E-state index contributed by atoms with van der Waals surface area (Å²) in [6, 6.07) is 6.24. The molecule has 1 saturated heterocycles. The van der Waals surface area contributed by atoms with Crippen LogP contribution in [0.2, 0.25) is 0 Å². The Bertz CT molecular complexity index is 510. The Morgan fingerprint density at radius 2 is 1.95 bits per heavy atom. The summed E-state index contributed by atoms with van der Waals surface area (Å²) < 4.78 is 0. The van der Waals surface area contributed by atoms with E-state index in [1.54, 1.807) is 6.07 Å². The van der Waals surface area contributed by atoms with Gasteiger partial charge in [-0.25, -0.2) is 4.79 Å². The number of fused-ring (bicyclic) bond motifs is 1. The number of aromatic carboxylic acids is 1. The fraction of sp³-hybridized carbons (Fsp3) is 0.588. The molecule has 1 aromatic rings. The lowest BCUT2D eigenvalue weighted by Gasteiger charge is -2.46. The van der Waals surface area contributed by atoms with Crippen molar-refractivity contribution in [2.45, 2.75) is 51.5 Å². The second kappa shape index (κ2) is 5.47. The molecule has 20 heavy (non-hydrogen) atoms. The van der Waals surface area contributed by atoms with Crippen molar-refractivity contribution in [1.82, 2.24) is 0 Å². The molecule has 0 amide bonds. The molecule has 0 unspecified atom stereocenters. The fourth-order valence-electron chi connectivity index (χ4n) is 4.03. The van der Waals surface area contributed by atoms with E-state index in [0.717, 1.165) is 18.0 Å². The molecule has 1 saturated carbocycles. The van der Waals surface area contributed by atoms with Gasteiger partial charge in [-0.15, -0.1) is 0 Å². The second-order valence-corrected chi connectivity index (χ2v) is 6.25. The smallest absolute Gasteiger partial charge is 0.335 e. The lowest BCUT2D eigenvalue weighted by Crippen LogP contribution is -2.47. The number of carboxylic acid groups (broad SMARTS) is 1. The summed E-state index contributed by atoms with van der Waals surface area (Å²) in [4.78, 5) is 13.6. The summed E-state index contributed by atoms with van der Waals surface area (Å²) in [6.45, 7) is 3.16. The molecule has 2 fully saturated rings. The number of nitrogens with zero attached hydrogens (tertiary/aromatic N) is 1. The second-order valence-electron chi connectivity index (χ2n) is 6.25. The van der Waals surface area contributed by atoms with Gasteiger partial charge in [0.25, 0.3) is 0 Å². The summed E-state index contributed by atoms with van der Waals surface area (Å²) in [5.41, 5.74) is 2.73. The van der Waals surface area contributed by atoms with Gasteiger partial charge in [-0.05, 0) is 62.3 Å². The third kappa shape index (κ3) is 2.41. The van der Waals surface area contributed by atoms with Crippen LogP contribution < -0.4 is 4.90 Å². The van der Waals surface area contributed by atoms with Crippen LogP contribution in [0.4, 0.5) is 5.69 Å². The summed E-state index contributed by atoms with van der Waals surface area (Å²) in [6.07, 6.45) is 8.02. The van der Waals surface area contributed by atoms with E-state index in [9.17, 15) is 4.79 Å². The molecule has 2 aliphatic rings. The number of anilines is 1. The van der Waals surface area contributed by atoms with Gasteiger partial charge in [-0.2, -0.15) is 0 Å². The Kier molecular flexibility index (Phi) is 3.68. The highest BCUT2D eigenvalue weighted by atomic mass is 16.4. The van der Waals surface area contributed by atoms with Crippen LogP contribution in [0.1, 0.15) is 54.4 Å². The van der Waals surface area contributed by atoms with Crippen LogP contribution in [-0.4, -0.2) is 23.7 Å². The van der Waals surface area contributed by atoms with Crippen LogP contribution in [0.25, 0.3) is 0 Å². The van der Waals surface area contributed by atoms with Crippen LogP contribution in [0.3, 0.4) is 0 Å². The van der Waals surface area contributed by atoms with E-state index in [-0.39, 0.29) is 0 Å². The zero-order valence-corrected chi connectivity index (χ0v) is 12.1. The van der Waals surface area contributed by atoms with E-state index < -0.39 is 5.97 Å². The first-order valence-electron chi connectivity index (χ1n) is 7.77. The van der Waals surface area contributed by atoms with Crippen molar-refractivity contribution in [2.24, 2.45) is 5.92 Å². The number of carbonyl (C=O) groups is 1. The minimum atomic E-state index is -0.839. The molecule has 3 heteroatoms. The number of hydrogen-bond donors (Lipinski definition) is 1. The quantitative estimate of drug-likeness (QED) is 0.889. The van der Waals surface area contributed by atoms with Gasteiger partial charge >= 0.3 is 5.97 Å². The molecule has 1 aliphatic carbocycles. The number of hydrogen-bond acceptors (Lipinski definition) is 2. The highest BCUT2D eigenvalue weighted by Crippen LogP contribution is 2.38. The van der Waals surface area contributed by atoms with E-state index in [4.69, 9.17) is 5.11 Å². The van der Waals surface area contributed by atoms with E-state index >= 15 is 0 Å². The third-order valence-electron chi connectivity index (χ3n) is 5.00. The minimum absolute atomic E-state index is 0.392. The Labute approximate surface area is 120 Å². The monoisotopic (exact) mass is 273 g/mol. The largest absolute Gasteiger partial charge is 0.478 e. The van der Waals surface area contributed by atoms with Crippen molar-refractivity contribution < 1.29 is 9.90 Å². The molecule has 3 rings (SSSR count). The molecule has 0 radical (unpaired) electrons. The first kappa shape index (κ1) is 13.5. The molecular formula is C17H23NO2. The Balaban J connectivity index is 1.89. The van der Waals surface area contributed by atoms with Gasteiger partial charge in [0, 0.05) is 18.3 Å². The van der Waals surface area contributed by atoms with Crippen molar-refractivity contribution in [3.8, 4) is 0 Å². The standard InChI is InChI=1S/C17H23NO2/c1-12-11-14(17(19)20)8-9-15(12)18-10-4-6-13-5-2-3-7-16(13)18/h8-9,11,13,16H,2-7,10H2,1H3,(H,19,20)/t13-,16-/m1/s1. The molecule has 108 valence electrons. The molecule has 1 heterocycles. The van der Waals surface area contributed by atoms with Gasteiger partial charge in [0.15, 0.2) is 0 Å². The van der Waals surface area contributed by atoms with Crippen molar-refractivity contribution >= 4 is 11.7 Å². The number of piperidine rings is 1. The summed E-state index contributed by atoms with van der Waals surface area (Å²) in [7, 11) is 0. The first-order valence-corrected chi connectivity index (χ1v) is 7.77. The molecule has 3 nitrogen and oxygen atoms in total. The van der Waals surface area contributed by atoms with Crippen LogP contribution >= 0.6 is 0 Å². The molecule has 0 aromatic heterocycles. The van der Waals surface area contributed by atoms with Gasteiger partial charge in [0.05, 0.1) is 5.56 Å². The van der Waals surface area contributed by atoms with Crippen molar-refractivity contribution in [2.75, 3.05) is 11.4 Å². The zero-order chi connectivity index (χ0) is 14.1. The summed E-state index contributed by atoms with van der Waals surface area (Å²) >= 11 is 0. The molecular weight excluding hydrogens is 250 g/mol. The molecule has 0 bridgehead atoms. The first-order chi connectivity index (χ1) is 9.66. The maximum Gasteiger partial charge on any atom is 0.335 e. The normalized spacial score (nSPS) is 26.1. The maximum absolute atomic E-state index is 11.1. The van der Waals surface area contributed by atoms with Gasteiger partial charge in [0.2, 0.25) is 0 Å². The SMILES string of the molecule is Cc1cc(C(=O)O)ccc1N1CCC[C@H]2CCCC[C@H]21. The van der Waals surface area contributed by atoms with Gasteiger partial charge in [-0.3, -0.25) is 0 Å². The predicted molar refractivity (Wildman–Crippen MR) is 80.5 cm³/mol. The van der Waals surface area contributed by atoms with Crippen LogP contribution in [0.15, 0.2) is 18.2 Å². The predicted octanol–water partition coefficient (Wildman–Crippen LogP) is 3.85. The van der Waals surface area contributed by atoms with Crippen LogP contribution in [0, 0.1) is 12.8 Å². The number of benzene rings is 1. The minimum Gasteiger partial charge on any atom is -0.478 e. The van der Waals surface area contributed by atoms with Crippen molar-refractivity contribution in [3.05, 3.63) is 29.3 Å². The number of aryl methyl sites for hydroxylation is 1. The van der Waals surface area contributed by atoms with E-state index in [1.807, 2.05) is 19.1 Å². The Hall–Kier alpha value is -1.51. The van der Waals surface area contributed by atoms with Crippen molar-refractivity contribution in [1.29, 1.82) is 0 Å². The molecule has 2 atom stereocenters. The van der Waals surface area contributed by atoms with Gasteiger partial charge in [-0.1, -0.05) is 12.8 Å². The summed E-state index contributed by atoms with van der Waals surface area (Å²) in [5.74, 6) is 0.00453. The molecule has 1 aliphatic heterocycles. The van der Waals surface area contributed by atoms with E-state index in [0.29, 0.717) is 11.6 Å². The van der Waals surface area contributed by atoms with Gasteiger partial charge < -0.3 is 10.0 Å². The summed E-state index contributed by atoms with van der Waals surface area (Å²) in [5, 5.41) is 9.08. The van der Waals surface area contributed by atoms with Gasteiger partial charge in [0.1, 0.15) is 0 Å². The highest BCUT2D eigenvalue weighted by molar-refractivity contribution is 5.88. The number of carboxylic acids is 1. The average molecular weight is 273 g/mol. The van der Waals surface area contributed by atoms with Crippen LogP contribution in [0.5, 0.6) is 0 Å². The Morgan fingerprint density at radius 3 is 2.70 bits per heavy atom. The lowest BCUT2D eigenvalue weighted by atomic mass is 9.78. The van der Waals surface area contributed by atoms with Crippen LogP contribution in [-0.2, 0) is 0 Å². The topological polar surface area (TPSA) is 40.5 Å². The maximum atomic E-state index is 11.1. The number of rotatable bonds is 2. The Morgan fingerprint density at radius 1 is 1.20 bits per heavy atom. The zero-order valence-electron chi connectivity index (χ0n) is 12.1. The van der Waals surface area contributed by atoms with E-state index in [2.05, 4.69) is 4.90 Å². The highest BCUT2D eigenvalue weighted by Gasteiger charge is 2.33. The fourth-order valence-corrected chi connectivity index (χ4v) is 4.03.